The Labute approximate surface area is 167 Å². The fourth-order valence-corrected chi connectivity index (χ4v) is 4.34. The van der Waals surface area contributed by atoms with Crippen molar-refractivity contribution in [1.82, 2.24) is 9.47 Å². The summed E-state index contributed by atoms with van der Waals surface area (Å²) in [6, 6.07) is 5.81. The molecule has 1 aromatic carbocycles. The SMILES string of the molecule is CCN=C1S/C(=C\c2cc(C)n(Cc3c(F)cccc3F)c2C)C(=O)N1CC. The van der Waals surface area contributed by atoms with Crippen molar-refractivity contribution in [3.05, 3.63) is 63.3 Å². The molecule has 0 N–H and O–H groups in total. The molecule has 0 bridgehead atoms. The number of halogens is 2. The smallest absolute Gasteiger partial charge is 0.266 e. The number of nitrogens with zero attached hydrogens (tertiary/aromatic N) is 3. The maximum absolute atomic E-state index is 14.1. The van der Waals surface area contributed by atoms with Gasteiger partial charge in [-0.3, -0.25) is 14.7 Å². The van der Waals surface area contributed by atoms with E-state index in [1.165, 1.54) is 30.0 Å². The lowest BCUT2D eigenvalue weighted by Crippen LogP contribution is -2.28. The van der Waals surface area contributed by atoms with Crippen molar-refractivity contribution in [2.75, 3.05) is 13.1 Å². The number of aryl methyl sites for hydroxylation is 1. The largest absolute Gasteiger partial charge is 0.344 e. The van der Waals surface area contributed by atoms with Crippen LogP contribution in [0.2, 0.25) is 0 Å². The molecule has 1 saturated heterocycles. The Hall–Kier alpha value is -2.41. The topological polar surface area (TPSA) is 37.6 Å². The van der Waals surface area contributed by atoms with E-state index < -0.39 is 11.6 Å². The van der Waals surface area contributed by atoms with Crippen LogP contribution in [0.25, 0.3) is 6.08 Å². The second-order valence-corrected chi connectivity index (χ2v) is 7.54. The van der Waals surface area contributed by atoms with Gasteiger partial charge in [0.2, 0.25) is 0 Å². The molecule has 2 heterocycles. The second-order valence-electron chi connectivity index (χ2n) is 6.53. The summed E-state index contributed by atoms with van der Waals surface area (Å²) >= 11 is 1.36. The zero-order valence-corrected chi connectivity index (χ0v) is 17.2. The van der Waals surface area contributed by atoms with Crippen LogP contribution >= 0.6 is 11.8 Å². The minimum atomic E-state index is -0.562. The summed E-state index contributed by atoms with van der Waals surface area (Å²) < 4.78 is 30.0. The summed E-state index contributed by atoms with van der Waals surface area (Å²) in [6.07, 6.45) is 1.84. The zero-order chi connectivity index (χ0) is 20.4. The number of carbonyl (C=O) groups is 1. The van der Waals surface area contributed by atoms with Gasteiger partial charge in [-0.05, 0) is 69.3 Å². The van der Waals surface area contributed by atoms with Gasteiger partial charge in [0.05, 0.1) is 11.4 Å². The van der Waals surface area contributed by atoms with E-state index in [0.29, 0.717) is 23.2 Å². The van der Waals surface area contributed by atoms with Gasteiger partial charge in [0.1, 0.15) is 11.6 Å². The average Bonchev–Trinajstić information content (AvgIpc) is 3.08. The van der Waals surface area contributed by atoms with E-state index in [9.17, 15) is 13.6 Å². The van der Waals surface area contributed by atoms with Crippen molar-refractivity contribution in [1.29, 1.82) is 0 Å². The van der Waals surface area contributed by atoms with Crippen LogP contribution in [0.15, 0.2) is 34.2 Å². The predicted molar refractivity (Wildman–Crippen MR) is 110 cm³/mol. The van der Waals surface area contributed by atoms with Crippen LogP contribution in [0, 0.1) is 25.5 Å². The Morgan fingerprint density at radius 3 is 2.46 bits per heavy atom. The number of thioether (sulfide) groups is 1. The lowest BCUT2D eigenvalue weighted by atomic mass is 10.2. The molecular formula is C21H23F2N3OS. The minimum Gasteiger partial charge on any atom is -0.344 e. The first kappa shape index (κ1) is 20.3. The van der Waals surface area contributed by atoms with Gasteiger partial charge in [0.25, 0.3) is 5.91 Å². The predicted octanol–water partition coefficient (Wildman–Crippen LogP) is 4.74. The lowest BCUT2D eigenvalue weighted by molar-refractivity contribution is -0.122. The first-order valence-electron chi connectivity index (χ1n) is 9.22. The number of rotatable bonds is 5. The third-order valence-corrected chi connectivity index (χ3v) is 5.82. The van der Waals surface area contributed by atoms with E-state index in [1.54, 1.807) is 4.90 Å². The maximum atomic E-state index is 14.1. The zero-order valence-electron chi connectivity index (χ0n) is 16.4. The van der Waals surface area contributed by atoms with Gasteiger partial charge < -0.3 is 4.57 Å². The van der Waals surface area contributed by atoms with E-state index in [4.69, 9.17) is 0 Å². The van der Waals surface area contributed by atoms with Crippen LogP contribution in [0.4, 0.5) is 8.78 Å². The second kappa shape index (κ2) is 8.31. The number of likely N-dealkylation sites (N-methyl/N-ethyl adjacent to an activating group) is 1. The van der Waals surface area contributed by atoms with Crippen molar-refractivity contribution in [2.45, 2.75) is 34.2 Å². The van der Waals surface area contributed by atoms with Gasteiger partial charge in [0, 0.05) is 30.0 Å². The maximum Gasteiger partial charge on any atom is 0.266 e. The number of carbonyl (C=O) groups excluding carboxylic acids is 1. The fraction of sp³-hybridized carbons (Fsp3) is 0.333. The number of hydrogen-bond donors (Lipinski definition) is 0. The summed E-state index contributed by atoms with van der Waals surface area (Å²) in [5.41, 5.74) is 2.62. The molecule has 4 nitrogen and oxygen atoms in total. The average molecular weight is 403 g/mol. The Bertz CT molecular complexity index is 958. The first-order valence-corrected chi connectivity index (χ1v) is 10.0. The van der Waals surface area contributed by atoms with Crippen molar-refractivity contribution in [2.24, 2.45) is 4.99 Å². The lowest BCUT2D eigenvalue weighted by Gasteiger charge is -2.11. The van der Waals surface area contributed by atoms with Gasteiger partial charge in [0.15, 0.2) is 5.17 Å². The van der Waals surface area contributed by atoms with Crippen molar-refractivity contribution in [3.63, 3.8) is 0 Å². The molecule has 0 atom stereocenters. The number of amidine groups is 1. The molecule has 1 aliphatic rings. The summed E-state index contributed by atoms with van der Waals surface area (Å²) in [4.78, 5) is 19.3. The van der Waals surface area contributed by atoms with Crippen molar-refractivity contribution in [3.8, 4) is 0 Å². The Kier molecular flexibility index (Phi) is 6.03. The summed E-state index contributed by atoms with van der Waals surface area (Å²) in [6.45, 7) is 8.91. The molecule has 0 saturated carbocycles. The third-order valence-electron chi connectivity index (χ3n) is 4.77. The number of benzene rings is 1. The van der Waals surface area contributed by atoms with E-state index in [-0.39, 0.29) is 18.0 Å². The minimum absolute atomic E-state index is 0.0318. The highest BCUT2D eigenvalue weighted by molar-refractivity contribution is 8.18. The highest BCUT2D eigenvalue weighted by Gasteiger charge is 2.32. The van der Waals surface area contributed by atoms with E-state index in [2.05, 4.69) is 4.99 Å². The molecule has 1 fully saturated rings. The molecule has 148 valence electrons. The molecular weight excluding hydrogens is 380 g/mol. The van der Waals surface area contributed by atoms with Crippen molar-refractivity contribution < 1.29 is 13.6 Å². The molecule has 1 aromatic heterocycles. The number of aliphatic imine (C=N–C) groups is 1. The molecule has 0 unspecified atom stereocenters. The van der Waals surface area contributed by atoms with Gasteiger partial charge in [-0.1, -0.05) is 6.07 Å². The van der Waals surface area contributed by atoms with Gasteiger partial charge in [-0.15, -0.1) is 0 Å². The number of aromatic nitrogens is 1. The molecule has 0 aliphatic carbocycles. The Morgan fingerprint density at radius 2 is 1.86 bits per heavy atom. The molecule has 3 rings (SSSR count). The molecule has 0 spiro atoms. The first-order chi connectivity index (χ1) is 13.4. The highest BCUT2D eigenvalue weighted by Crippen LogP contribution is 2.33. The number of hydrogen-bond acceptors (Lipinski definition) is 3. The van der Waals surface area contributed by atoms with Crippen LogP contribution < -0.4 is 0 Å². The molecule has 0 radical (unpaired) electrons. The Morgan fingerprint density at radius 1 is 1.18 bits per heavy atom. The van der Waals surface area contributed by atoms with Crippen LogP contribution in [0.3, 0.4) is 0 Å². The number of amides is 1. The standard InChI is InChI=1S/C21H23F2N3OS/c1-5-24-21-25(6-2)20(27)19(28-21)11-15-10-13(3)26(14(15)4)12-16-17(22)8-7-9-18(16)23/h7-11H,5-6,12H2,1-4H3/b19-11-,24-21?. The monoisotopic (exact) mass is 403 g/mol. The van der Waals surface area contributed by atoms with Gasteiger partial charge >= 0.3 is 0 Å². The molecule has 1 aliphatic heterocycles. The normalized spacial score (nSPS) is 17.4. The third kappa shape index (κ3) is 3.76. The Balaban J connectivity index is 1.95. The van der Waals surface area contributed by atoms with Crippen LogP contribution in [-0.2, 0) is 11.3 Å². The molecule has 1 amide bonds. The highest BCUT2D eigenvalue weighted by atomic mass is 32.2. The van der Waals surface area contributed by atoms with Crippen LogP contribution in [0.5, 0.6) is 0 Å². The van der Waals surface area contributed by atoms with Crippen molar-refractivity contribution >= 4 is 28.9 Å². The quantitative estimate of drug-likeness (QED) is 0.676. The summed E-state index contributed by atoms with van der Waals surface area (Å²) in [7, 11) is 0. The summed E-state index contributed by atoms with van der Waals surface area (Å²) in [5, 5.41) is 0.712. The van der Waals surface area contributed by atoms with Gasteiger partial charge in [-0.2, -0.15) is 0 Å². The fourth-order valence-electron chi connectivity index (χ4n) is 3.24. The van der Waals surface area contributed by atoms with Crippen LogP contribution in [-0.4, -0.2) is 33.6 Å². The van der Waals surface area contributed by atoms with Crippen LogP contribution in [0.1, 0.15) is 36.4 Å². The van der Waals surface area contributed by atoms with E-state index in [1.807, 2.05) is 44.4 Å². The summed E-state index contributed by atoms with van der Waals surface area (Å²) in [5.74, 6) is -1.19. The van der Waals surface area contributed by atoms with E-state index in [0.717, 1.165) is 17.0 Å². The van der Waals surface area contributed by atoms with E-state index >= 15 is 0 Å². The molecule has 2 aromatic rings. The molecule has 28 heavy (non-hydrogen) atoms. The molecule has 7 heteroatoms. The van der Waals surface area contributed by atoms with Gasteiger partial charge in [-0.25, -0.2) is 8.78 Å².